The molecule has 2 nitrogen and oxygen atoms in total. The van der Waals surface area contributed by atoms with Crippen LogP contribution < -0.4 is 5.73 Å². The Morgan fingerprint density at radius 2 is 2.06 bits per heavy atom. The summed E-state index contributed by atoms with van der Waals surface area (Å²) in [6, 6.07) is 5.34. The van der Waals surface area contributed by atoms with Gasteiger partial charge in [-0.15, -0.1) is 11.3 Å². The molecule has 0 fully saturated rings. The lowest BCUT2D eigenvalue weighted by atomic mass is 10.1. The molecule has 0 atom stereocenters. The Hall–Kier alpha value is -1.40. The van der Waals surface area contributed by atoms with Crippen molar-refractivity contribution in [1.82, 2.24) is 4.98 Å². The second-order valence-corrected chi connectivity index (χ2v) is 5.00. The molecule has 0 saturated heterocycles. The number of benzene rings is 1. The molecule has 1 aromatic heterocycles. The molecule has 0 aliphatic carbocycles. The number of alkyl halides is 3. The largest absolute Gasteiger partial charge is 0.416 e. The van der Waals surface area contributed by atoms with Crippen molar-refractivity contribution in [2.45, 2.75) is 19.1 Å². The molecule has 0 aliphatic heterocycles. The van der Waals surface area contributed by atoms with Gasteiger partial charge in [-0.2, -0.15) is 13.2 Å². The molecule has 0 bridgehead atoms. The molecule has 0 amide bonds. The number of nitrogens with zero attached hydrogens (tertiary/aromatic N) is 1. The van der Waals surface area contributed by atoms with E-state index >= 15 is 0 Å². The number of hydrogen-bond acceptors (Lipinski definition) is 3. The zero-order valence-electron chi connectivity index (χ0n) is 9.37. The molecule has 6 heteroatoms. The van der Waals surface area contributed by atoms with Gasteiger partial charge in [0, 0.05) is 24.0 Å². The van der Waals surface area contributed by atoms with Crippen LogP contribution in [0.1, 0.15) is 21.0 Å². The van der Waals surface area contributed by atoms with E-state index in [4.69, 9.17) is 5.73 Å². The molecule has 18 heavy (non-hydrogen) atoms. The number of rotatable bonds is 3. The molecule has 96 valence electrons. The van der Waals surface area contributed by atoms with E-state index in [0.717, 1.165) is 16.0 Å². The Bertz CT molecular complexity index is 534. The van der Waals surface area contributed by atoms with Gasteiger partial charge in [-0.25, -0.2) is 4.98 Å². The first-order chi connectivity index (χ1) is 8.49. The van der Waals surface area contributed by atoms with E-state index in [1.165, 1.54) is 23.5 Å². The fourth-order valence-corrected chi connectivity index (χ4v) is 2.42. The van der Waals surface area contributed by atoms with Gasteiger partial charge in [0.05, 0.1) is 5.56 Å². The smallest absolute Gasteiger partial charge is 0.325 e. The molecule has 2 rings (SSSR count). The molecule has 0 spiro atoms. The Labute approximate surface area is 106 Å². The highest BCUT2D eigenvalue weighted by atomic mass is 32.1. The van der Waals surface area contributed by atoms with E-state index in [9.17, 15) is 13.2 Å². The number of nitrogens with two attached hydrogens (primary N) is 1. The summed E-state index contributed by atoms with van der Waals surface area (Å²) < 4.78 is 37.6. The van der Waals surface area contributed by atoms with Gasteiger partial charge in [0.1, 0.15) is 5.01 Å². The van der Waals surface area contributed by atoms with Crippen LogP contribution in [0.2, 0.25) is 0 Å². The fourth-order valence-electron chi connectivity index (χ4n) is 1.58. The summed E-state index contributed by atoms with van der Waals surface area (Å²) in [5.41, 5.74) is 5.44. The zero-order chi connectivity index (χ0) is 13.2. The van der Waals surface area contributed by atoms with Gasteiger partial charge in [-0.05, 0) is 11.6 Å². The molecule has 1 aromatic carbocycles. The van der Waals surface area contributed by atoms with Crippen molar-refractivity contribution >= 4 is 11.3 Å². The van der Waals surface area contributed by atoms with Gasteiger partial charge in [0.25, 0.3) is 0 Å². The minimum Gasteiger partial charge on any atom is -0.325 e. The summed E-state index contributed by atoms with van der Waals surface area (Å²) in [5.74, 6) is 0. The monoisotopic (exact) mass is 272 g/mol. The first-order valence-corrected chi connectivity index (χ1v) is 6.10. The molecule has 0 unspecified atom stereocenters. The molecule has 0 saturated carbocycles. The van der Waals surface area contributed by atoms with Crippen LogP contribution in [0.25, 0.3) is 0 Å². The van der Waals surface area contributed by atoms with Crippen molar-refractivity contribution in [3.8, 4) is 0 Å². The van der Waals surface area contributed by atoms with Crippen LogP contribution in [0.15, 0.2) is 30.5 Å². The summed E-state index contributed by atoms with van der Waals surface area (Å²) in [6.45, 7) is 0.354. The Balaban J connectivity index is 2.19. The summed E-state index contributed by atoms with van der Waals surface area (Å²) in [4.78, 5) is 4.99. The number of thiazole rings is 1. The van der Waals surface area contributed by atoms with Crippen LogP contribution in [0.4, 0.5) is 13.2 Å². The highest BCUT2D eigenvalue weighted by Gasteiger charge is 2.30. The van der Waals surface area contributed by atoms with Crippen molar-refractivity contribution in [1.29, 1.82) is 0 Å². The van der Waals surface area contributed by atoms with Gasteiger partial charge in [0.2, 0.25) is 0 Å². The number of halogens is 3. The maximum atomic E-state index is 12.5. The Morgan fingerprint density at radius 1 is 1.28 bits per heavy atom. The molecular weight excluding hydrogens is 261 g/mol. The van der Waals surface area contributed by atoms with Gasteiger partial charge in [-0.3, -0.25) is 0 Å². The van der Waals surface area contributed by atoms with Crippen LogP contribution in [-0.2, 0) is 19.1 Å². The van der Waals surface area contributed by atoms with Crippen molar-refractivity contribution in [3.63, 3.8) is 0 Å². The fraction of sp³-hybridized carbons (Fsp3) is 0.250. The molecule has 0 radical (unpaired) electrons. The van der Waals surface area contributed by atoms with Gasteiger partial charge in [0.15, 0.2) is 0 Å². The predicted molar refractivity (Wildman–Crippen MR) is 64.3 cm³/mol. The lowest BCUT2D eigenvalue weighted by Gasteiger charge is -2.07. The minimum absolute atomic E-state index is 0.354. The normalized spacial score (nSPS) is 11.8. The summed E-state index contributed by atoms with van der Waals surface area (Å²) >= 11 is 1.42. The molecule has 0 aliphatic rings. The quantitative estimate of drug-likeness (QED) is 0.931. The van der Waals surface area contributed by atoms with Crippen molar-refractivity contribution in [3.05, 3.63) is 51.5 Å². The highest BCUT2D eigenvalue weighted by Crippen LogP contribution is 2.30. The SMILES string of the molecule is NCc1ncc(Cc2cccc(C(F)(F)F)c2)s1. The average molecular weight is 272 g/mol. The first-order valence-electron chi connectivity index (χ1n) is 5.29. The molecule has 2 N–H and O–H groups in total. The third kappa shape index (κ3) is 3.08. The van der Waals surface area contributed by atoms with Crippen LogP contribution in [0.5, 0.6) is 0 Å². The van der Waals surface area contributed by atoms with Gasteiger partial charge < -0.3 is 5.73 Å². The summed E-state index contributed by atoms with van der Waals surface area (Å²) in [6.07, 6.45) is -2.19. The molecular formula is C12H11F3N2S. The van der Waals surface area contributed by atoms with E-state index in [-0.39, 0.29) is 0 Å². The van der Waals surface area contributed by atoms with Gasteiger partial charge >= 0.3 is 6.18 Å². The van der Waals surface area contributed by atoms with Crippen LogP contribution in [0, 0.1) is 0 Å². The standard InChI is InChI=1S/C12H11F3N2S/c13-12(14,15)9-3-1-2-8(4-9)5-10-7-17-11(6-16)18-10/h1-4,7H,5-6,16H2. The minimum atomic E-state index is -4.30. The lowest BCUT2D eigenvalue weighted by molar-refractivity contribution is -0.137. The number of aromatic nitrogens is 1. The second kappa shape index (κ2) is 5.07. The van der Waals surface area contributed by atoms with E-state index < -0.39 is 11.7 Å². The van der Waals surface area contributed by atoms with Crippen LogP contribution in [0.3, 0.4) is 0 Å². The Morgan fingerprint density at radius 3 is 2.67 bits per heavy atom. The van der Waals surface area contributed by atoms with Crippen molar-refractivity contribution in [2.24, 2.45) is 5.73 Å². The number of hydrogen-bond donors (Lipinski definition) is 1. The van der Waals surface area contributed by atoms with E-state index in [1.54, 1.807) is 12.3 Å². The van der Waals surface area contributed by atoms with Crippen molar-refractivity contribution in [2.75, 3.05) is 0 Å². The van der Waals surface area contributed by atoms with E-state index in [2.05, 4.69) is 4.98 Å². The predicted octanol–water partition coefficient (Wildman–Crippen LogP) is 3.21. The van der Waals surface area contributed by atoms with Crippen LogP contribution in [-0.4, -0.2) is 4.98 Å². The second-order valence-electron chi connectivity index (χ2n) is 3.80. The van der Waals surface area contributed by atoms with Gasteiger partial charge in [-0.1, -0.05) is 18.2 Å². The maximum absolute atomic E-state index is 12.5. The first kappa shape index (κ1) is 13.0. The lowest BCUT2D eigenvalue weighted by Crippen LogP contribution is -2.05. The third-order valence-electron chi connectivity index (χ3n) is 2.41. The average Bonchev–Trinajstić information content (AvgIpc) is 2.76. The summed E-state index contributed by atoms with van der Waals surface area (Å²) in [7, 11) is 0. The zero-order valence-corrected chi connectivity index (χ0v) is 10.2. The maximum Gasteiger partial charge on any atom is 0.416 e. The van der Waals surface area contributed by atoms with Crippen LogP contribution >= 0.6 is 11.3 Å². The summed E-state index contributed by atoms with van der Waals surface area (Å²) in [5, 5.41) is 0.789. The van der Waals surface area contributed by atoms with E-state index in [0.29, 0.717) is 18.5 Å². The van der Waals surface area contributed by atoms with E-state index in [1.807, 2.05) is 0 Å². The third-order valence-corrected chi connectivity index (χ3v) is 3.43. The Kier molecular flexibility index (Phi) is 3.68. The van der Waals surface area contributed by atoms with Crippen molar-refractivity contribution < 1.29 is 13.2 Å². The molecule has 2 aromatic rings. The highest BCUT2D eigenvalue weighted by molar-refractivity contribution is 7.11. The molecule has 1 heterocycles. The topological polar surface area (TPSA) is 38.9 Å².